The van der Waals surface area contributed by atoms with Crippen LogP contribution in [-0.4, -0.2) is 37.4 Å². The van der Waals surface area contributed by atoms with Crippen molar-refractivity contribution in [2.45, 2.75) is 44.4 Å². The molecule has 1 aromatic heterocycles. The SMILES string of the molecule is CCOC(=O)C(NC(=O)c1ccc(OC)cc1)(Nc1sc2c(c1C#N)CCCC2)C(F)(F)F. The van der Waals surface area contributed by atoms with E-state index in [1.165, 1.54) is 38.3 Å². The van der Waals surface area contributed by atoms with E-state index in [1.54, 1.807) is 5.32 Å². The number of fused-ring (bicyclic) bond motifs is 1. The third-order valence-corrected chi connectivity index (χ3v) is 6.45. The summed E-state index contributed by atoms with van der Waals surface area (Å²) in [5.74, 6) is -2.48. The van der Waals surface area contributed by atoms with Crippen molar-refractivity contribution in [2.24, 2.45) is 0 Å². The van der Waals surface area contributed by atoms with Gasteiger partial charge in [0, 0.05) is 10.4 Å². The van der Waals surface area contributed by atoms with Crippen LogP contribution in [0.25, 0.3) is 0 Å². The van der Waals surface area contributed by atoms with E-state index in [9.17, 15) is 28.0 Å². The minimum atomic E-state index is -5.29. The van der Waals surface area contributed by atoms with Crippen LogP contribution in [0.3, 0.4) is 0 Å². The maximum absolute atomic E-state index is 14.5. The number of hydrogen-bond donors (Lipinski definition) is 2. The van der Waals surface area contributed by atoms with Gasteiger partial charge in [0.2, 0.25) is 0 Å². The smallest absolute Gasteiger partial charge is 0.441 e. The highest BCUT2D eigenvalue weighted by Gasteiger charge is 2.64. The van der Waals surface area contributed by atoms with Crippen molar-refractivity contribution >= 4 is 28.2 Å². The Morgan fingerprint density at radius 3 is 2.42 bits per heavy atom. The third-order valence-electron chi connectivity index (χ3n) is 5.24. The zero-order valence-corrected chi connectivity index (χ0v) is 18.8. The van der Waals surface area contributed by atoms with Gasteiger partial charge in [-0.25, -0.2) is 4.79 Å². The highest BCUT2D eigenvalue weighted by atomic mass is 32.1. The minimum Gasteiger partial charge on any atom is -0.497 e. The quantitative estimate of drug-likeness (QED) is 0.455. The lowest BCUT2D eigenvalue weighted by molar-refractivity contribution is -0.204. The number of aryl methyl sites for hydroxylation is 1. The van der Waals surface area contributed by atoms with Crippen LogP contribution < -0.4 is 15.4 Å². The lowest BCUT2D eigenvalue weighted by Gasteiger charge is -2.35. The Hall–Kier alpha value is -3.26. The molecule has 3 rings (SSSR count). The van der Waals surface area contributed by atoms with Crippen LogP contribution in [0.5, 0.6) is 5.75 Å². The predicted octanol–water partition coefficient (Wildman–Crippen LogP) is 4.17. The number of rotatable bonds is 7. The largest absolute Gasteiger partial charge is 0.497 e. The third kappa shape index (κ3) is 4.75. The second-order valence-corrected chi connectivity index (χ2v) is 8.41. The molecule has 1 aliphatic rings. The Kier molecular flexibility index (Phi) is 7.17. The van der Waals surface area contributed by atoms with Gasteiger partial charge in [0.15, 0.2) is 0 Å². The maximum atomic E-state index is 14.5. The van der Waals surface area contributed by atoms with Crippen LogP contribution in [0.2, 0.25) is 0 Å². The normalized spacial score (nSPS) is 14.9. The summed E-state index contributed by atoms with van der Waals surface area (Å²) < 4.78 is 53.1. The number of ether oxygens (including phenoxy) is 2. The Balaban J connectivity index is 2.07. The molecule has 176 valence electrons. The topological polar surface area (TPSA) is 100 Å². The molecule has 1 amide bonds. The van der Waals surface area contributed by atoms with Crippen LogP contribution in [0.1, 0.15) is 46.1 Å². The summed E-state index contributed by atoms with van der Waals surface area (Å²) in [6.07, 6.45) is -2.43. The summed E-state index contributed by atoms with van der Waals surface area (Å²) in [6, 6.07) is 7.30. The summed E-state index contributed by atoms with van der Waals surface area (Å²) in [6.45, 7) is 1.01. The number of thiophene rings is 1. The number of nitrogens with one attached hydrogen (secondary N) is 2. The average molecular weight is 481 g/mol. The number of esters is 1. The number of benzene rings is 1. The number of carbonyl (C=O) groups is 2. The Morgan fingerprint density at radius 2 is 1.85 bits per heavy atom. The summed E-state index contributed by atoms with van der Waals surface area (Å²) >= 11 is 0.984. The lowest BCUT2D eigenvalue weighted by Crippen LogP contribution is -2.69. The first-order valence-electron chi connectivity index (χ1n) is 10.2. The highest BCUT2D eigenvalue weighted by Crippen LogP contribution is 2.41. The lowest BCUT2D eigenvalue weighted by atomic mass is 9.96. The van der Waals surface area contributed by atoms with Gasteiger partial charge in [-0.2, -0.15) is 18.4 Å². The Bertz CT molecular complexity index is 1080. The van der Waals surface area contributed by atoms with E-state index in [-0.39, 0.29) is 22.7 Å². The molecule has 0 fully saturated rings. The number of nitriles is 1. The van der Waals surface area contributed by atoms with Gasteiger partial charge in [-0.15, -0.1) is 11.3 Å². The van der Waals surface area contributed by atoms with Crippen LogP contribution in [-0.2, 0) is 22.4 Å². The van der Waals surface area contributed by atoms with E-state index < -0.39 is 23.7 Å². The monoisotopic (exact) mass is 481 g/mol. The number of anilines is 1. The van der Waals surface area contributed by atoms with Gasteiger partial charge in [0.25, 0.3) is 5.91 Å². The molecule has 0 aliphatic heterocycles. The van der Waals surface area contributed by atoms with Crippen molar-refractivity contribution in [3.8, 4) is 11.8 Å². The van der Waals surface area contributed by atoms with Gasteiger partial charge < -0.3 is 20.1 Å². The summed E-state index contributed by atoms with van der Waals surface area (Å²) in [5.41, 5.74) is -3.00. The number of carbonyl (C=O) groups excluding carboxylic acids is 2. The number of nitrogens with zero attached hydrogens (tertiary/aromatic N) is 1. The van der Waals surface area contributed by atoms with E-state index >= 15 is 0 Å². The van der Waals surface area contributed by atoms with Crippen LogP contribution in [0, 0.1) is 11.3 Å². The van der Waals surface area contributed by atoms with E-state index in [4.69, 9.17) is 9.47 Å². The molecule has 1 atom stereocenters. The van der Waals surface area contributed by atoms with Gasteiger partial charge in [-0.05, 0) is 62.4 Å². The van der Waals surface area contributed by atoms with Gasteiger partial charge >= 0.3 is 17.8 Å². The summed E-state index contributed by atoms with van der Waals surface area (Å²) in [5, 5.41) is 13.5. The maximum Gasteiger partial charge on any atom is 0.441 e. The molecule has 0 radical (unpaired) electrons. The molecule has 2 aromatic rings. The van der Waals surface area contributed by atoms with E-state index in [0.717, 1.165) is 29.1 Å². The summed E-state index contributed by atoms with van der Waals surface area (Å²) in [7, 11) is 1.40. The minimum absolute atomic E-state index is 0.0475. The molecule has 33 heavy (non-hydrogen) atoms. The molecule has 1 aromatic carbocycles. The fourth-order valence-corrected chi connectivity index (χ4v) is 4.85. The molecule has 11 heteroatoms. The zero-order chi connectivity index (χ0) is 24.2. The van der Waals surface area contributed by atoms with Crippen molar-refractivity contribution in [2.75, 3.05) is 19.0 Å². The molecule has 0 spiro atoms. The first-order chi connectivity index (χ1) is 15.7. The molecule has 0 saturated carbocycles. The van der Waals surface area contributed by atoms with Crippen molar-refractivity contribution in [3.05, 3.63) is 45.8 Å². The molecular weight excluding hydrogens is 459 g/mol. The second-order valence-electron chi connectivity index (χ2n) is 7.30. The van der Waals surface area contributed by atoms with E-state index in [2.05, 4.69) is 5.32 Å². The van der Waals surface area contributed by atoms with Gasteiger partial charge in [-0.3, -0.25) is 4.79 Å². The first kappa shape index (κ1) is 24.4. The molecule has 1 unspecified atom stereocenters. The van der Waals surface area contributed by atoms with Crippen molar-refractivity contribution in [1.82, 2.24) is 5.32 Å². The van der Waals surface area contributed by atoms with E-state index in [0.29, 0.717) is 24.2 Å². The number of amides is 1. The molecule has 0 bridgehead atoms. The predicted molar refractivity (Wildman–Crippen MR) is 115 cm³/mol. The Labute approximate surface area is 192 Å². The van der Waals surface area contributed by atoms with Crippen LogP contribution in [0.4, 0.5) is 18.2 Å². The molecular formula is C22H22F3N3O4S. The van der Waals surface area contributed by atoms with Crippen LogP contribution in [0.15, 0.2) is 24.3 Å². The standard InChI is InChI=1S/C22H22F3N3O4S/c1-3-32-20(30)21(22(23,24)25,27-18(29)13-8-10-14(31-2)11-9-13)28-19-16(12-26)15-6-4-5-7-17(15)33-19/h8-11,28H,3-7H2,1-2H3,(H,27,29). The van der Waals surface area contributed by atoms with Crippen molar-refractivity contribution in [1.29, 1.82) is 5.26 Å². The molecule has 1 aliphatic carbocycles. The molecule has 2 N–H and O–H groups in total. The molecule has 0 saturated heterocycles. The number of alkyl halides is 3. The fraction of sp³-hybridized carbons (Fsp3) is 0.409. The Morgan fingerprint density at radius 1 is 1.18 bits per heavy atom. The van der Waals surface area contributed by atoms with Crippen LogP contribution >= 0.6 is 11.3 Å². The zero-order valence-electron chi connectivity index (χ0n) is 18.0. The number of halogens is 3. The number of methoxy groups -OCH3 is 1. The van der Waals surface area contributed by atoms with E-state index in [1.807, 2.05) is 6.07 Å². The first-order valence-corrected chi connectivity index (χ1v) is 11.0. The second kappa shape index (κ2) is 9.70. The fourth-order valence-electron chi connectivity index (χ4n) is 3.56. The van der Waals surface area contributed by atoms with Gasteiger partial charge in [0.05, 0.1) is 19.3 Å². The van der Waals surface area contributed by atoms with Crippen molar-refractivity contribution in [3.63, 3.8) is 0 Å². The average Bonchev–Trinajstić information content (AvgIpc) is 3.14. The van der Waals surface area contributed by atoms with Crippen molar-refractivity contribution < 1.29 is 32.2 Å². The van der Waals surface area contributed by atoms with Gasteiger partial charge in [0.1, 0.15) is 16.8 Å². The number of hydrogen-bond acceptors (Lipinski definition) is 7. The summed E-state index contributed by atoms with van der Waals surface area (Å²) in [4.78, 5) is 26.3. The highest BCUT2D eigenvalue weighted by molar-refractivity contribution is 7.16. The molecule has 1 heterocycles. The van der Waals surface area contributed by atoms with Gasteiger partial charge in [-0.1, -0.05) is 0 Å². The molecule has 7 nitrogen and oxygen atoms in total.